The molecule has 0 aliphatic rings. The van der Waals surface area contributed by atoms with Crippen molar-refractivity contribution in [3.05, 3.63) is 142 Å². The number of nitrogens with one attached hydrogen (secondary N) is 1. The van der Waals surface area contributed by atoms with Gasteiger partial charge in [-0.05, 0) is 54.1 Å². The van der Waals surface area contributed by atoms with E-state index in [9.17, 15) is 14.9 Å². The molecule has 0 aliphatic carbocycles. The zero-order valence-corrected chi connectivity index (χ0v) is 20.7. The number of rotatable bonds is 9. The van der Waals surface area contributed by atoms with Crippen LogP contribution in [0.4, 0.5) is 5.69 Å². The van der Waals surface area contributed by atoms with E-state index in [-0.39, 0.29) is 11.3 Å². The third kappa shape index (κ3) is 6.23. The molecule has 0 bridgehead atoms. The maximum absolute atomic E-state index is 12.5. The van der Waals surface area contributed by atoms with Gasteiger partial charge in [-0.2, -0.15) is 10.2 Å². The van der Waals surface area contributed by atoms with Crippen LogP contribution in [0.1, 0.15) is 21.5 Å². The van der Waals surface area contributed by atoms with Crippen molar-refractivity contribution in [3.8, 4) is 22.7 Å². The molecule has 0 radical (unpaired) electrons. The van der Waals surface area contributed by atoms with Crippen molar-refractivity contribution in [3.63, 3.8) is 0 Å². The minimum atomic E-state index is -0.520. The fourth-order valence-corrected chi connectivity index (χ4v) is 3.83. The number of para-hydroxylation sites is 1. The molecule has 5 aromatic rings. The lowest BCUT2D eigenvalue weighted by Crippen LogP contribution is -2.17. The minimum Gasteiger partial charge on any atom is -0.489 e. The number of nitro benzene ring substituents is 1. The Kier molecular flexibility index (Phi) is 7.50. The summed E-state index contributed by atoms with van der Waals surface area (Å²) in [6.07, 6.45) is 3.34. The highest BCUT2D eigenvalue weighted by atomic mass is 16.6. The Hall–Kier alpha value is -5.57. The van der Waals surface area contributed by atoms with Crippen molar-refractivity contribution < 1.29 is 14.5 Å². The summed E-state index contributed by atoms with van der Waals surface area (Å²) in [5, 5.41) is 19.7. The number of hydrogen-bond donors (Lipinski definition) is 1. The molecule has 192 valence electrons. The number of non-ortho nitro benzene ring substituents is 1. The number of hydrogen-bond acceptors (Lipinski definition) is 6. The van der Waals surface area contributed by atoms with Crippen LogP contribution in [0, 0.1) is 10.1 Å². The fourth-order valence-electron chi connectivity index (χ4n) is 3.83. The number of amides is 1. The van der Waals surface area contributed by atoms with Gasteiger partial charge in [0.25, 0.3) is 11.6 Å². The molecule has 1 heterocycles. The van der Waals surface area contributed by atoms with Crippen LogP contribution in [0.3, 0.4) is 0 Å². The molecule has 0 fully saturated rings. The maximum Gasteiger partial charge on any atom is 0.271 e. The van der Waals surface area contributed by atoms with Crippen LogP contribution in [0.25, 0.3) is 16.9 Å². The van der Waals surface area contributed by atoms with Crippen molar-refractivity contribution in [2.75, 3.05) is 0 Å². The number of ether oxygens (including phenoxy) is 1. The molecule has 5 rings (SSSR count). The molecule has 0 unspecified atom stereocenters. The maximum atomic E-state index is 12.5. The zero-order chi connectivity index (χ0) is 27.0. The second-order valence-electron chi connectivity index (χ2n) is 8.51. The summed E-state index contributed by atoms with van der Waals surface area (Å²) in [5.74, 6) is 0.244. The number of benzene rings is 4. The van der Waals surface area contributed by atoms with Gasteiger partial charge in [-0.3, -0.25) is 14.9 Å². The lowest BCUT2D eigenvalue weighted by Gasteiger charge is -2.07. The molecule has 9 heteroatoms. The highest BCUT2D eigenvalue weighted by Crippen LogP contribution is 2.25. The molecule has 39 heavy (non-hydrogen) atoms. The molecule has 4 aromatic carbocycles. The van der Waals surface area contributed by atoms with E-state index in [0.29, 0.717) is 17.9 Å². The molecule has 0 spiro atoms. The van der Waals surface area contributed by atoms with E-state index < -0.39 is 10.8 Å². The van der Waals surface area contributed by atoms with E-state index in [0.717, 1.165) is 22.6 Å². The summed E-state index contributed by atoms with van der Waals surface area (Å²) in [6, 6.07) is 32.5. The smallest absolute Gasteiger partial charge is 0.271 e. The second kappa shape index (κ2) is 11.7. The van der Waals surface area contributed by atoms with Crippen molar-refractivity contribution in [2.24, 2.45) is 5.10 Å². The Morgan fingerprint density at radius 2 is 1.59 bits per heavy atom. The van der Waals surface area contributed by atoms with Crippen LogP contribution in [-0.4, -0.2) is 26.8 Å². The molecule has 1 amide bonds. The number of carbonyl (C=O) groups is 1. The SMILES string of the molecule is O=C(NN=Cc1cn(-c2ccccc2)nc1-c1ccc(OCc2ccccc2)cc1)c1ccc([N+](=O)[O-])cc1. The summed E-state index contributed by atoms with van der Waals surface area (Å²) in [4.78, 5) is 22.8. The zero-order valence-electron chi connectivity index (χ0n) is 20.7. The van der Waals surface area contributed by atoms with Gasteiger partial charge in [-0.15, -0.1) is 0 Å². The highest BCUT2D eigenvalue weighted by molar-refractivity contribution is 5.95. The Bertz CT molecular complexity index is 1600. The largest absolute Gasteiger partial charge is 0.489 e. The molecule has 0 atom stereocenters. The summed E-state index contributed by atoms with van der Waals surface area (Å²) in [7, 11) is 0. The van der Waals surface area contributed by atoms with Gasteiger partial charge < -0.3 is 4.74 Å². The fraction of sp³-hybridized carbons (Fsp3) is 0.0333. The van der Waals surface area contributed by atoms with Crippen molar-refractivity contribution in [1.82, 2.24) is 15.2 Å². The first-order valence-electron chi connectivity index (χ1n) is 12.1. The van der Waals surface area contributed by atoms with Gasteiger partial charge in [-0.25, -0.2) is 10.1 Å². The Morgan fingerprint density at radius 1 is 0.923 bits per heavy atom. The quantitative estimate of drug-likeness (QED) is 0.151. The lowest BCUT2D eigenvalue weighted by atomic mass is 10.1. The summed E-state index contributed by atoms with van der Waals surface area (Å²) in [5.41, 5.74) is 6.78. The molecule has 1 N–H and O–H groups in total. The first kappa shape index (κ1) is 25.1. The van der Waals surface area contributed by atoms with Gasteiger partial charge in [0.2, 0.25) is 0 Å². The molecule has 0 saturated carbocycles. The summed E-state index contributed by atoms with van der Waals surface area (Å²) >= 11 is 0. The van der Waals surface area contributed by atoms with E-state index >= 15 is 0 Å². The second-order valence-corrected chi connectivity index (χ2v) is 8.51. The van der Waals surface area contributed by atoms with Crippen LogP contribution in [0.5, 0.6) is 5.75 Å². The molecule has 9 nitrogen and oxygen atoms in total. The number of carbonyl (C=O) groups excluding carboxylic acids is 1. The average Bonchev–Trinajstić information content (AvgIpc) is 3.41. The van der Waals surface area contributed by atoms with Gasteiger partial charge in [0, 0.05) is 35.0 Å². The molecule has 0 saturated heterocycles. The Morgan fingerprint density at radius 3 is 2.26 bits per heavy atom. The minimum absolute atomic E-state index is 0.0931. The summed E-state index contributed by atoms with van der Waals surface area (Å²) < 4.78 is 7.65. The summed E-state index contributed by atoms with van der Waals surface area (Å²) in [6.45, 7) is 0.467. The van der Waals surface area contributed by atoms with Crippen molar-refractivity contribution in [1.29, 1.82) is 0 Å². The van der Waals surface area contributed by atoms with Gasteiger partial charge >= 0.3 is 0 Å². The van der Waals surface area contributed by atoms with Crippen LogP contribution >= 0.6 is 0 Å². The number of hydrazone groups is 1. The van der Waals surface area contributed by atoms with E-state index in [1.807, 2.05) is 91.1 Å². The molecule has 1 aromatic heterocycles. The van der Waals surface area contributed by atoms with Crippen LogP contribution < -0.4 is 10.2 Å². The van der Waals surface area contributed by atoms with Crippen LogP contribution in [-0.2, 0) is 6.61 Å². The number of nitro groups is 1. The topological polar surface area (TPSA) is 112 Å². The third-order valence-electron chi connectivity index (χ3n) is 5.85. The predicted molar refractivity (Wildman–Crippen MR) is 148 cm³/mol. The first-order chi connectivity index (χ1) is 19.1. The first-order valence-corrected chi connectivity index (χ1v) is 12.1. The van der Waals surface area contributed by atoms with Crippen LogP contribution in [0.2, 0.25) is 0 Å². The van der Waals surface area contributed by atoms with Gasteiger partial charge in [0.1, 0.15) is 18.1 Å². The van der Waals surface area contributed by atoms with Crippen molar-refractivity contribution in [2.45, 2.75) is 6.61 Å². The van der Waals surface area contributed by atoms with Crippen LogP contribution in [0.15, 0.2) is 120 Å². The lowest BCUT2D eigenvalue weighted by molar-refractivity contribution is -0.384. The van der Waals surface area contributed by atoms with Gasteiger partial charge in [0.05, 0.1) is 16.8 Å². The Balaban J connectivity index is 1.35. The number of aromatic nitrogens is 2. The highest BCUT2D eigenvalue weighted by Gasteiger charge is 2.13. The van der Waals surface area contributed by atoms with E-state index in [1.165, 1.54) is 30.5 Å². The Labute approximate surface area is 224 Å². The standard InChI is InChI=1S/C30H23N5O4/c36-30(24-11-15-27(16-12-24)35(37)38)32-31-19-25-20-34(26-9-5-2-6-10-26)33-29(25)23-13-17-28(18-14-23)39-21-22-7-3-1-4-8-22/h1-20H,21H2,(H,32,36). The van der Waals surface area contributed by atoms with Gasteiger partial charge in [0.15, 0.2) is 0 Å². The predicted octanol–water partition coefficient (Wildman–Crippen LogP) is 5.79. The normalized spacial score (nSPS) is 10.9. The average molecular weight is 518 g/mol. The van der Waals surface area contributed by atoms with Crippen molar-refractivity contribution >= 4 is 17.8 Å². The molecule has 0 aliphatic heterocycles. The van der Waals surface area contributed by atoms with E-state index in [4.69, 9.17) is 9.84 Å². The molecular weight excluding hydrogens is 494 g/mol. The number of nitrogens with zero attached hydrogens (tertiary/aromatic N) is 4. The molecular formula is C30H23N5O4. The van der Waals surface area contributed by atoms with Gasteiger partial charge in [-0.1, -0.05) is 48.5 Å². The third-order valence-corrected chi connectivity index (χ3v) is 5.85. The van der Waals surface area contributed by atoms with E-state index in [1.54, 1.807) is 4.68 Å². The monoisotopic (exact) mass is 517 g/mol. The van der Waals surface area contributed by atoms with E-state index in [2.05, 4.69) is 10.5 Å².